The minimum absolute atomic E-state index is 0.357. The summed E-state index contributed by atoms with van der Waals surface area (Å²) in [5.74, 6) is 0. The highest BCUT2D eigenvalue weighted by Crippen LogP contribution is 2.28. The van der Waals surface area contributed by atoms with Crippen molar-refractivity contribution in [3.05, 3.63) is 35.9 Å². The van der Waals surface area contributed by atoms with Gasteiger partial charge in [-0.05, 0) is 31.0 Å². The van der Waals surface area contributed by atoms with Gasteiger partial charge in [-0.1, -0.05) is 42.1 Å². The average Bonchev–Trinajstić information content (AvgIpc) is 2.57. The van der Waals surface area contributed by atoms with Crippen molar-refractivity contribution in [2.45, 2.75) is 44.2 Å². The molecule has 1 aromatic carbocycles. The molecule has 1 saturated heterocycles. The maximum Gasteiger partial charge on any atom is 0.220 e. The van der Waals surface area contributed by atoms with Gasteiger partial charge in [-0.3, -0.25) is 0 Å². The van der Waals surface area contributed by atoms with Crippen LogP contribution in [-0.4, -0.2) is 53.6 Å². The van der Waals surface area contributed by atoms with E-state index in [2.05, 4.69) is 0 Å². The minimum Gasteiger partial charge on any atom is -0.467 e. The fourth-order valence-electron chi connectivity index (χ4n) is 2.43. The number of thiocarbonyl (C=S) groups is 1. The Kier molecular flexibility index (Phi) is 7.26. The number of benzene rings is 1. The molecular weight excluding hydrogens is 336 g/mol. The van der Waals surface area contributed by atoms with E-state index in [1.807, 2.05) is 36.6 Å². The largest absolute Gasteiger partial charge is 0.467 e. The molecule has 0 amide bonds. The van der Waals surface area contributed by atoms with Crippen molar-refractivity contribution in [2.24, 2.45) is 0 Å². The first-order chi connectivity index (χ1) is 11.1. The van der Waals surface area contributed by atoms with Crippen LogP contribution in [0, 0.1) is 0 Å². The second-order valence-electron chi connectivity index (χ2n) is 5.23. The number of ether oxygens (including phenoxy) is 4. The molecule has 0 radical (unpaired) electrons. The SMILES string of the molecule is CO[C@@H]1[C@@H](O)[C@H](C)O[C@@H](OCc2ccccc2)[C@@H]1OC(=S)SC. The van der Waals surface area contributed by atoms with Gasteiger partial charge in [0.2, 0.25) is 4.38 Å². The summed E-state index contributed by atoms with van der Waals surface area (Å²) in [6.07, 6.45) is -1.30. The van der Waals surface area contributed by atoms with Gasteiger partial charge in [0.15, 0.2) is 12.4 Å². The lowest BCUT2D eigenvalue weighted by atomic mass is 9.99. The summed E-state index contributed by atoms with van der Waals surface area (Å²) < 4.78 is 23.1. The van der Waals surface area contributed by atoms with Crippen LogP contribution in [0.1, 0.15) is 12.5 Å². The Morgan fingerprint density at radius 2 is 2.00 bits per heavy atom. The molecule has 1 aliphatic heterocycles. The summed E-state index contributed by atoms with van der Waals surface area (Å²) >= 11 is 6.44. The van der Waals surface area contributed by atoms with Gasteiger partial charge in [-0.2, -0.15) is 0 Å². The van der Waals surface area contributed by atoms with Crippen LogP contribution in [0.2, 0.25) is 0 Å². The molecule has 0 aliphatic carbocycles. The molecule has 0 unspecified atom stereocenters. The zero-order valence-corrected chi connectivity index (χ0v) is 15.0. The summed E-state index contributed by atoms with van der Waals surface area (Å²) in [5.41, 5.74) is 1.02. The molecule has 1 heterocycles. The third-order valence-corrected chi connectivity index (χ3v) is 4.71. The second kappa shape index (κ2) is 8.96. The highest BCUT2D eigenvalue weighted by Gasteiger charge is 2.46. The molecule has 0 spiro atoms. The molecule has 7 heteroatoms. The van der Waals surface area contributed by atoms with E-state index < -0.39 is 30.7 Å². The Balaban J connectivity index is 2.10. The van der Waals surface area contributed by atoms with Crippen LogP contribution in [0.15, 0.2) is 30.3 Å². The highest BCUT2D eigenvalue weighted by molar-refractivity contribution is 8.22. The summed E-state index contributed by atoms with van der Waals surface area (Å²) in [6.45, 7) is 2.15. The summed E-state index contributed by atoms with van der Waals surface area (Å²) in [4.78, 5) is 0. The maximum atomic E-state index is 10.3. The maximum absolute atomic E-state index is 10.3. The van der Waals surface area contributed by atoms with Gasteiger partial charge in [-0.15, -0.1) is 0 Å². The molecule has 128 valence electrons. The van der Waals surface area contributed by atoms with E-state index in [0.29, 0.717) is 11.0 Å². The van der Waals surface area contributed by atoms with Crippen LogP contribution in [0.4, 0.5) is 0 Å². The topological polar surface area (TPSA) is 57.2 Å². The predicted octanol–water partition coefficient (Wildman–Crippen LogP) is 2.36. The summed E-state index contributed by atoms with van der Waals surface area (Å²) in [5, 5.41) is 10.3. The quantitative estimate of drug-likeness (QED) is 0.811. The number of aliphatic hydroxyl groups excluding tert-OH is 1. The van der Waals surface area contributed by atoms with Gasteiger partial charge >= 0.3 is 0 Å². The molecule has 1 N–H and O–H groups in total. The van der Waals surface area contributed by atoms with E-state index in [9.17, 15) is 5.11 Å². The molecule has 5 nitrogen and oxygen atoms in total. The van der Waals surface area contributed by atoms with Crippen LogP contribution in [0.25, 0.3) is 0 Å². The smallest absolute Gasteiger partial charge is 0.220 e. The van der Waals surface area contributed by atoms with Crippen LogP contribution < -0.4 is 0 Å². The highest BCUT2D eigenvalue weighted by atomic mass is 32.2. The van der Waals surface area contributed by atoms with Crippen molar-refractivity contribution < 1.29 is 24.1 Å². The Morgan fingerprint density at radius 1 is 1.30 bits per heavy atom. The Labute approximate surface area is 146 Å². The molecule has 1 aromatic rings. The number of hydrogen-bond acceptors (Lipinski definition) is 7. The summed E-state index contributed by atoms with van der Waals surface area (Å²) in [6, 6.07) is 9.78. The lowest BCUT2D eigenvalue weighted by Crippen LogP contribution is -2.59. The second-order valence-corrected chi connectivity index (χ2v) is 6.64. The average molecular weight is 358 g/mol. The number of thioether (sulfide) groups is 1. The van der Waals surface area contributed by atoms with Gasteiger partial charge < -0.3 is 24.1 Å². The van der Waals surface area contributed by atoms with Gasteiger partial charge in [0.05, 0.1) is 12.7 Å². The van der Waals surface area contributed by atoms with E-state index in [4.69, 9.17) is 31.2 Å². The monoisotopic (exact) mass is 358 g/mol. The Bertz CT molecular complexity index is 499. The van der Waals surface area contributed by atoms with Crippen molar-refractivity contribution in [1.82, 2.24) is 0 Å². The number of aliphatic hydroxyl groups is 1. The fourth-order valence-corrected chi connectivity index (χ4v) is 2.75. The van der Waals surface area contributed by atoms with Crippen molar-refractivity contribution >= 4 is 28.4 Å². The molecule has 23 heavy (non-hydrogen) atoms. The third kappa shape index (κ3) is 4.89. The molecular formula is C16H22O5S2. The normalized spacial score (nSPS) is 30.9. The van der Waals surface area contributed by atoms with E-state index in [-0.39, 0.29) is 0 Å². The van der Waals surface area contributed by atoms with Crippen molar-refractivity contribution in [1.29, 1.82) is 0 Å². The molecule has 0 aromatic heterocycles. The Morgan fingerprint density at radius 3 is 2.61 bits per heavy atom. The molecule has 0 bridgehead atoms. The fraction of sp³-hybridized carbons (Fsp3) is 0.562. The van der Waals surface area contributed by atoms with Gasteiger partial charge in [0, 0.05) is 7.11 Å². The van der Waals surface area contributed by atoms with E-state index in [1.54, 1.807) is 6.92 Å². The van der Waals surface area contributed by atoms with Crippen LogP contribution >= 0.6 is 24.0 Å². The molecule has 0 saturated carbocycles. The van der Waals surface area contributed by atoms with Crippen LogP contribution in [0.3, 0.4) is 0 Å². The first-order valence-electron chi connectivity index (χ1n) is 7.33. The first kappa shape index (κ1) is 18.6. The minimum atomic E-state index is -0.814. The number of rotatable bonds is 5. The lowest BCUT2D eigenvalue weighted by molar-refractivity contribution is -0.295. The molecule has 2 rings (SSSR count). The van der Waals surface area contributed by atoms with Gasteiger partial charge in [0.25, 0.3) is 0 Å². The molecule has 1 aliphatic rings. The number of hydrogen-bond donors (Lipinski definition) is 1. The van der Waals surface area contributed by atoms with Crippen LogP contribution in [-0.2, 0) is 25.6 Å². The standard InChI is InChI=1S/C16H22O5S2/c1-10-12(17)13(18-2)14(21-16(22)23-3)15(20-10)19-9-11-7-5-4-6-8-11/h4-8,10,12-15,17H,9H2,1-3H3/t10-,12-,13+,14+,15+/m0/s1. The lowest BCUT2D eigenvalue weighted by Gasteiger charge is -2.42. The van der Waals surface area contributed by atoms with E-state index in [0.717, 1.165) is 5.56 Å². The van der Waals surface area contributed by atoms with Gasteiger partial charge in [0.1, 0.15) is 12.2 Å². The van der Waals surface area contributed by atoms with Gasteiger partial charge in [-0.25, -0.2) is 0 Å². The number of methoxy groups -OCH3 is 1. The Hall–Kier alpha value is -0.700. The predicted molar refractivity (Wildman–Crippen MR) is 93.4 cm³/mol. The molecule has 1 fully saturated rings. The van der Waals surface area contributed by atoms with Crippen molar-refractivity contribution in [3.63, 3.8) is 0 Å². The van der Waals surface area contributed by atoms with Crippen molar-refractivity contribution in [2.75, 3.05) is 13.4 Å². The van der Waals surface area contributed by atoms with Crippen molar-refractivity contribution in [3.8, 4) is 0 Å². The van der Waals surface area contributed by atoms with Crippen LogP contribution in [0.5, 0.6) is 0 Å². The zero-order valence-electron chi connectivity index (χ0n) is 13.4. The van der Waals surface area contributed by atoms with E-state index in [1.165, 1.54) is 18.9 Å². The zero-order chi connectivity index (χ0) is 16.8. The first-order valence-corrected chi connectivity index (χ1v) is 8.96. The third-order valence-electron chi connectivity index (χ3n) is 3.69. The molecule has 5 atom stereocenters. The summed E-state index contributed by atoms with van der Waals surface area (Å²) in [7, 11) is 1.53. The van der Waals surface area contributed by atoms with E-state index >= 15 is 0 Å².